The zero-order chi connectivity index (χ0) is 15.4. The number of hydrogen-bond donors (Lipinski definition) is 1. The van der Waals surface area contributed by atoms with Crippen LogP contribution in [0, 0.1) is 13.8 Å². The normalized spacial score (nSPS) is 12.6. The Hall–Kier alpha value is -1.13. The van der Waals surface area contributed by atoms with Gasteiger partial charge in [-0.15, -0.1) is 0 Å². The van der Waals surface area contributed by atoms with E-state index in [1.807, 2.05) is 17.9 Å². The van der Waals surface area contributed by atoms with E-state index >= 15 is 0 Å². The van der Waals surface area contributed by atoms with Gasteiger partial charge in [-0.1, -0.05) is 25.1 Å². The maximum Gasteiger partial charge on any atom is 0.0695 e. The van der Waals surface area contributed by atoms with Crippen molar-refractivity contribution in [2.24, 2.45) is 7.05 Å². The lowest BCUT2D eigenvalue weighted by molar-refractivity contribution is 0.491. The fourth-order valence-corrected chi connectivity index (χ4v) is 3.19. The van der Waals surface area contributed by atoms with Gasteiger partial charge < -0.3 is 5.32 Å². The summed E-state index contributed by atoms with van der Waals surface area (Å²) in [5, 5.41) is 7.99. The van der Waals surface area contributed by atoms with Crippen molar-refractivity contribution in [3.8, 4) is 0 Å². The van der Waals surface area contributed by atoms with Gasteiger partial charge in [-0.3, -0.25) is 4.68 Å². The Kier molecular flexibility index (Phi) is 5.59. The van der Waals surface area contributed by atoms with Gasteiger partial charge in [-0.05, 0) is 65.9 Å². The topological polar surface area (TPSA) is 29.9 Å². The van der Waals surface area contributed by atoms with Crippen LogP contribution in [0.25, 0.3) is 0 Å². The summed E-state index contributed by atoms with van der Waals surface area (Å²) >= 11 is 3.63. The molecule has 114 valence electrons. The van der Waals surface area contributed by atoms with Crippen molar-refractivity contribution < 1.29 is 0 Å². The van der Waals surface area contributed by atoms with Gasteiger partial charge in [-0.2, -0.15) is 5.10 Å². The number of aryl methyl sites for hydroxylation is 3. The number of benzene rings is 1. The molecule has 21 heavy (non-hydrogen) atoms. The van der Waals surface area contributed by atoms with E-state index in [2.05, 4.69) is 65.3 Å². The van der Waals surface area contributed by atoms with E-state index in [0.717, 1.165) is 23.9 Å². The minimum Gasteiger partial charge on any atom is -0.308 e. The summed E-state index contributed by atoms with van der Waals surface area (Å²) in [7, 11) is 2.00. The second-order valence-electron chi connectivity index (χ2n) is 5.63. The van der Waals surface area contributed by atoms with Crippen molar-refractivity contribution in [2.75, 3.05) is 6.54 Å². The van der Waals surface area contributed by atoms with E-state index < -0.39 is 0 Å². The van der Waals surface area contributed by atoms with Crippen LogP contribution in [-0.4, -0.2) is 16.3 Å². The zero-order valence-corrected chi connectivity index (χ0v) is 14.9. The molecule has 1 heterocycles. The maximum atomic E-state index is 4.35. The maximum absolute atomic E-state index is 4.35. The second kappa shape index (κ2) is 7.23. The third-order valence-corrected chi connectivity index (χ3v) is 4.53. The highest BCUT2D eigenvalue weighted by molar-refractivity contribution is 9.10. The minimum absolute atomic E-state index is 0.272. The van der Waals surface area contributed by atoms with E-state index in [4.69, 9.17) is 0 Å². The van der Waals surface area contributed by atoms with Crippen LogP contribution in [0.2, 0.25) is 0 Å². The molecule has 0 amide bonds. The van der Waals surface area contributed by atoms with Crippen LogP contribution in [0.15, 0.2) is 28.9 Å². The fourth-order valence-electron chi connectivity index (χ4n) is 2.56. The molecule has 0 bridgehead atoms. The van der Waals surface area contributed by atoms with E-state index in [9.17, 15) is 0 Å². The third kappa shape index (κ3) is 3.95. The summed E-state index contributed by atoms with van der Waals surface area (Å²) < 4.78 is 3.03. The van der Waals surface area contributed by atoms with E-state index in [0.29, 0.717) is 0 Å². The number of nitrogens with one attached hydrogen (secondary N) is 1. The Bertz CT molecular complexity index is 585. The summed E-state index contributed by atoms with van der Waals surface area (Å²) in [6, 6.07) is 7.00. The van der Waals surface area contributed by atoms with Crippen LogP contribution in [0.1, 0.15) is 41.8 Å². The van der Waals surface area contributed by atoms with Crippen molar-refractivity contribution in [3.05, 3.63) is 51.3 Å². The first-order chi connectivity index (χ1) is 10.0. The van der Waals surface area contributed by atoms with Crippen LogP contribution >= 0.6 is 15.9 Å². The number of nitrogens with zero attached hydrogens (tertiary/aromatic N) is 2. The predicted molar refractivity (Wildman–Crippen MR) is 91.6 cm³/mol. The summed E-state index contributed by atoms with van der Waals surface area (Å²) in [5.74, 6) is 0. The molecule has 1 atom stereocenters. The second-order valence-corrected chi connectivity index (χ2v) is 6.49. The van der Waals surface area contributed by atoms with E-state index in [-0.39, 0.29) is 6.04 Å². The minimum atomic E-state index is 0.272. The smallest absolute Gasteiger partial charge is 0.0695 e. The Labute approximate surface area is 135 Å². The van der Waals surface area contributed by atoms with Crippen LogP contribution < -0.4 is 5.32 Å². The Morgan fingerprint density at radius 1 is 1.29 bits per heavy atom. The molecule has 3 nitrogen and oxygen atoms in total. The van der Waals surface area contributed by atoms with Crippen molar-refractivity contribution in [1.29, 1.82) is 0 Å². The molecule has 0 aliphatic carbocycles. The van der Waals surface area contributed by atoms with Crippen LogP contribution in [-0.2, 0) is 13.5 Å². The number of aromatic nitrogens is 2. The Morgan fingerprint density at radius 2 is 2.05 bits per heavy atom. The van der Waals surface area contributed by atoms with Crippen molar-refractivity contribution >= 4 is 15.9 Å². The lowest BCUT2D eigenvalue weighted by atomic mass is 9.99. The monoisotopic (exact) mass is 349 g/mol. The van der Waals surface area contributed by atoms with Gasteiger partial charge in [0.2, 0.25) is 0 Å². The first kappa shape index (κ1) is 16.2. The van der Waals surface area contributed by atoms with Gasteiger partial charge in [-0.25, -0.2) is 0 Å². The van der Waals surface area contributed by atoms with Crippen molar-refractivity contribution in [3.63, 3.8) is 0 Å². The van der Waals surface area contributed by atoms with Crippen LogP contribution in [0.4, 0.5) is 0 Å². The number of halogens is 1. The number of hydrogen-bond acceptors (Lipinski definition) is 2. The molecule has 1 aromatic carbocycles. The summed E-state index contributed by atoms with van der Waals surface area (Å²) in [5.41, 5.74) is 5.27. The summed E-state index contributed by atoms with van der Waals surface area (Å²) in [4.78, 5) is 0. The average Bonchev–Trinajstić information content (AvgIpc) is 2.78. The predicted octanol–water partition coefficient (Wildman–Crippen LogP) is 4.08. The third-order valence-electron chi connectivity index (χ3n) is 3.92. The van der Waals surface area contributed by atoms with Crippen LogP contribution in [0.5, 0.6) is 0 Å². The van der Waals surface area contributed by atoms with Gasteiger partial charge in [0.05, 0.1) is 22.4 Å². The zero-order valence-electron chi connectivity index (χ0n) is 13.3. The molecule has 2 rings (SSSR count). The van der Waals surface area contributed by atoms with Gasteiger partial charge in [0.25, 0.3) is 0 Å². The van der Waals surface area contributed by atoms with Gasteiger partial charge in [0, 0.05) is 7.05 Å². The highest BCUT2D eigenvalue weighted by Gasteiger charge is 2.18. The molecule has 0 aliphatic rings. The molecule has 1 unspecified atom stereocenters. The largest absolute Gasteiger partial charge is 0.308 e. The summed E-state index contributed by atoms with van der Waals surface area (Å²) in [6.45, 7) is 7.53. The first-order valence-electron chi connectivity index (χ1n) is 7.49. The molecule has 0 saturated heterocycles. The van der Waals surface area contributed by atoms with Crippen LogP contribution in [0.3, 0.4) is 0 Å². The van der Waals surface area contributed by atoms with Crippen molar-refractivity contribution in [1.82, 2.24) is 15.1 Å². The molecule has 0 aliphatic heterocycles. The Morgan fingerprint density at radius 3 is 2.62 bits per heavy atom. The molecule has 2 aromatic rings. The molecule has 0 radical (unpaired) electrons. The van der Waals surface area contributed by atoms with E-state index in [1.54, 1.807) is 0 Å². The van der Waals surface area contributed by atoms with Crippen molar-refractivity contribution in [2.45, 2.75) is 39.7 Å². The molecule has 0 fully saturated rings. The molecular weight excluding hydrogens is 326 g/mol. The quantitative estimate of drug-likeness (QED) is 0.851. The number of rotatable bonds is 6. The lowest BCUT2D eigenvalue weighted by Crippen LogP contribution is -2.26. The van der Waals surface area contributed by atoms with Gasteiger partial charge >= 0.3 is 0 Å². The molecular formula is C17H24BrN3. The molecule has 0 saturated carbocycles. The lowest BCUT2D eigenvalue weighted by Gasteiger charge is -2.20. The summed E-state index contributed by atoms with van der Waals surface area (Å²) in [6.07, 6.45) is 3.97. The van der Waals surface area contributed by atoms with Gasteiger partial charge in [0.15, 0.2) is 0 Å². The average molecular weight is 350 g/mol. The van der Waals surface area contributed by atoms with Gasteiger partial charge in [0.1, 0.15) is 0 Å². The molecule has 1 aromatic heterocycles. The fraction of sp³-hybridized carbons (Fsp3) is 0.471. The highest BCUT2D eigenvalue weighted by atomic mass is 79.9. The SMILES string of the molecule is CCCNC(Cc1ccc(C)c(C)c1)c1c(Br)cnn1C. The molecule has 4 heteroatoms. The Balaban J connectivity index is 2.26. The highest BCUT2D eigenvalue weighted by Crippen LogP contribution is 2.26. The molecule has 1 N–H and O–H groups in total. The standard InChI is InChI=1S/C17H24BrN3/c1-5-8-19-16(17-15(18)11-20-21(17)4)10-14-7-6-12(2)13(3)9-14/h6-7,9,11,16,19H,5,8,10H2,1-4H3. The van der Waals surface area contributed by atoms with E-state index in [1.165, 1.54) is 22.4 Å². The first-order valence-corrected chi connectivity index (χ1v) is 8.29. The molecule has 0 spiro atoms.